The average Bonchev–Trinajstić information content (AvgIpc) is 2.46. The van der Waals surface area contributed by atoms with Gasteiger partial charge in [0, 0.05) is 10.7 Å². The summed E-state index contributed by atoms with van der Waals surface area (Å²) in [4.78, 5) is 12.2. The van der Waals surface area contributed by atoms with Crippen LogP contribution in [0.3, 0.4) is 0 Å². The van der Waals surface area contributed by atoms with Crippen LogP contribution >= 0.6 is 23.2 Å². The van der Waals surface area contributed by atoms with E-state index in [9.17, 15) is 9.18 Å². The van der Waals surface area contributed by atoms with E-state index in [0.29, 0.717) is 10.7 Å². The molecule has 0 saturated heterocycles. The summed E-state index contributed by atoms with van der Waals surface area (Å²) in [6.07, 6.45) is 0. The number of hydrogen-bond donors (Lipinski definition) is 2. The molecule has 0 aromatic heterocycles. The van der Waals surface area contributed by atoms with Crippen molar-refractivity contribution in [3.05, 3.63) is 57.8 Å². The number of hydrogen-bond acceptors (Lipinski definition) is 2. The van der Waals surface area contributed by atoms with E-state index in [1.54, 1.807) is 19.1 Å². The Labute approximate surface area is 138 Å². The molecule has 2 aromatic rings. The number of benzene rings is 2. The monoisotopic (exact) mass is 340 g/mol. The molecule has 1 atom stereocenters. The molecule has 2 N–H and O–H groups in total. The fourth-order valence-corrected chi connectivity index (χ4v) is 2.28. The van der Waals surface area contributed by atoms with Gasteiger partial charge in [-0.25, -0.2) is 4.39 Å². The number of anilines is 2. The van der Waals surface area contributed by atoms with Crippen molar-refractivity contribution in [2.75, 3.05) is 10.6 Å². The van der Waals surface area contributed by atoms with Gasteiger partial charge in [-0.2, -0.15) is 0 Å². The second kappa shape index (κ2) is 6.99. The minimum atomic E-state index is -0.515. The van der Waals surface area contributed by atoms with E-state index >= 15 is 0 Å². The van der Waals surface area contributed by atoms with Crippen molar-refractivity contribution in [2.45, 2.75) is 19.9 Å². The van der Waals surface area contributed by atoms with Gasteiger partial charge in [-0.05, 0) is 49.7 Å². The highest BCUT2D eigenvalue weighted by atomic mass is 35.5. The second-order valence-electron chi connectivity index (χ2n) is 4.89. The normalized spacial score (nSPS) is 11.9. The van der Waals surface area contributed by atoms with Crippen LogP contribution in [0.15, 0.2) is 36.4 Å². The third-order valence-electron chi connectivity index (χ3n) is 3.22. The van der Waals surface area contributed by atoms with Gasteiger partial charge in [0.15, 0.2) is 0 Å². The molecule has 0 heterocycles. The predicted octanol–water partition coefficient (Wildman–Crippen LogP) is 4.88. The molecule has 1 amide bonds. The van der Waals surface area contributed by atoms with Crippen LogP contribution in [0.5, 0.6) is 0 Å². The summed E-state index contributed by atoms with van der Waals surface area (Å²) in [6.45, 7) is 3.58. The Kier molecular flexibility index (Phi) is 5.27. The highest BCUT2D eigenvalue weighted by Gasteiger charge is 2.15. The van der Waals surface area contributed by atoms with Gasteiger partial charge in [-0.3, -0.25) is 4.79 Å². The number of rotatable bonds is 4. The van der Waals surface area contributed by atoms with Gasteiger partial charge in [0.1, 0.15) is 11.9 Å². The number of halogens is 3. The lowest BCUT2D eigenvalue weighted by Gasteiger charge is -2.17. The molecule has 22 heavy (non-hydrogen) atoms. The lowest BCUT2D eigenvalue weighted by Crippen LogP contribution is -2.32. The molecule has 0 saturated carbocycles. The maximum Gasteiger partial charge on any atom is 0.246 e. The fraction of sp³-hybridized carbons (Fsp3) is 0.188. The molecule has 0 fully saturated rings. The van der Waals surface area contributed by atoms with E-state index in [2.05, 4.69) is 10.6 Å². The smallest absolute Gasteiger partial charge is 0.246 e. The van der Waals surface area contributed by atoms with E-state index in [0.717, 1.165) is 17.3 Å². The first kappa shape index (κ1) is 16.6. The van der Waals surface area contributed by atoms with Crippen LogP contribution in [-0.2, 0) is 4.79 Å². The zero-order chi connectivity index (χ0) is 16.3. The lowest BCUT2D eigenvalue weighted by molar-refractivity contribution is -0.116. The van der Waals surface area contributed by atoms with E-state index in [1.165, 1.54) is 12.1 Å². The number of nitrogens with one attached hydrogen (secondary N) is 2. The Morgan fingerprint density at radius 3 is 2.55 bits per heavy atom. The molecule has 0 bridgehead atoms. The molecule has 0 aliphatic heterocycles. The number of carbonyl (C=O) groups excluding carboxylic acids is 1. The molecule has 3 nitrogen and oxygen atoms in total. The van der Waals surface area contributed by atoms with Crippen LogP contribution < -0.4 is 10.6 Å². The zero-order valence-electron chi connectivity index (χ0n) is 12.1. The number of carbonyl (C=O) groups is 1. The highest BCUT2D eigenvalue weighted by Crippen LogP contribution is 2.25. The summed E-state index contributed by atoms with van der Waals surface area (Å²) in [6, 6.07) is 8.72. The van der Waals surface area contributed by atoms with Gasteiger partial charge in [-0.1, -0.05) is 29.3 Å². The Bertz CT molecular complexity index is 707. The molecule has 6 heteroatoms. The second-order valence-corrected chi connectivity index (χ2v) is 5.71. The Morgan fingerprint density at radius 2 is 1.86 bits per heavy atom. The lowest BCUT2D eigenvalue weighted by atomic mass is 10.1. The average molecular weight is 341 g/mol. The van der Waals surface area contributed by atoms with Crippen molar-refractivity contribution < 1.29 is 9.18 Å². The summed E-state index contributed by atoms with van der Waals surface area (Å²) in [7, 11) is 0. The van der Waals surface area contributed by atoms with Gasteiger partial charge >= 0.3 is 0 Å². The molecule has 0 unspecified atom stereocenters. The first-order valence-corrected chi connectivity index (χ1v) is 7.41. The van der Waals surface area contributed by atoms with Crippen LogP contribution in [0.2, 0.25) is 10.0 Å². The first-order valence-electron chi connectivity index (χ1n) is 6.66. The SMILES string of the molecule is Cc1c(Cl)cccc1N[C@H](C)C(=O)Nc1ccc(F)cc1Cl. The third-order valence-corrected chi connectivity index (χ3v) is 3.94. The topological polar surface area (TPSA) is 41.1 Å². The largest absolute Gasteiger partial charge is 0.374 e. The van der Waals surface area contributed by atoms with Crippen LogP contribution in [0, 0.1) is 12.7 Å². The van der Waals surface area contributed by atoms with Crippen LogP contribution in [0.1, 0.15) is 12.5 Å². The van der Waals surface area contributed by atoms with E-state index < -0.39 is 11.9 Å². The number of amides is 1. The summed E-state index contributed by atoms with van der Waals surface area (Å²) in [5, 5.41) is 6.52. The molecule has 2 rings (SSSR count). The van der Waals surface area contributed by atoms with E-state index in [-0.39, 0.29) is 10.9 Å². The molecule has 0 aliphatic carbocycles. The minimum Gasteiger partial charge on any atom is -0.374 e. The summed E-state index contributed by atoms with van der Waals surface area (Å²) in [5.74, 6) is -0.739. The summed E-state index contributed by atoms with van der Waals surface area (Å²) >= 11 is 11.9. The van der Waals surface area contributed by atoms with Gasteiger partial charge in [0.25, 0.3) is 0 Å². The molecule has 0 radical (unpaired) electrons. The fourth-order valence-electron chi connectivity index (χ4n) is 1.89. The Hall–Kier alpha value is -1.78. The van der Waals surface area contributed by atoms with Crippen LogP contribution in [0.25, 0.3) is 0 Å². The van der Waals surface area contributed by atoms with Crippen LogP contribution in [-0.4, -0.2) is 11.9 Å². The molecular formula is C16H15Cl2FN2O. The van der Waals surface area contributed by atoms with E-state index in [4.69, 9.17) is 23.2 Å². The van der Waals surface area contributed by atoms with Crippen LogP contribution in [0.4, 0.5) is 15.8 Å². The minimum absolute atomic E-state index is 0.152. The maximum atomic E-state index is 13.0. The van der Waals surface area contributed by atoms with Crippen molar-refractivity contribution in [1.29, 1.82) is 0 Å². The highest BCUT2D eigenvalue weighted by molar-refractivity contribution is 6.33. The predicted molar refractivity (Wildman–Crippen MR) is 89.3 cm³/mol. The first-order chi connectivity index (χ1) is 10.4. The molecular weight excluding hydrogens is 326 g/mol. The van der Waals surface area contributed by atoms with Crippen molar-refractivity contribution in [3.8, 4) is 0 Å². The van der Waals surface area contributed by atoms with Crippen molar-refractivity contribution in [3.63, 3.8) is 0 Å². The summed E-state index contributed by atoms with van der Waals surface area (Å²) < 4.78 is 13.0. The molecule has 0 spiro atoms. The Morgan fingerprint density at radius 1 is 1.14 bits per heavy atom. The quantitative estimate of drug-likeness (QED) is 0.832. The summed E-state index contributed by atoms with van der Waals surface area (Å²) in [5.41, 5.74) is 2.01. The standard InChI is InChI=1S/C16H15Cl2FN2O/c1-9-12(17)4-3-5-14(9)20-10(2)16(22)21-15-7-6-11(19)8-13(15)18/h3-8,10,20H,1-2H3,(H,21,22)/t10-/m1/s1. The van der Waals surface area contributed by atoms with E-state index in [1.807, 2.05) is 13.0 Å². The zero-order valence-corrected chi connectivity index (χ0v) is 13.6. The van der Waals surface area contributed by atoms with Gasteiger partial charge in [0.05, 0.1) is 10.7 Å². The molecule has 116 valence electrons. The molecule has 2 aromatic carbocycles. The Balaban J connectivity index is 2.07. The van der Waals surface area contributed by atoms with Crippen molar-refractivity contribution in [2.24, 2.45) is 0 Å². The van der Waals surface area contributed by atoms with Gasteiger partial charge in [-0.15, -0.1) is 0 Å². The maximum absolute atomic E-state index is 13.0. The third kappa shape index (κ3) is 3.90. The molecule has 0 aliphatic rings. The van der Waals surface area contributed by atoms with Gasteiger partial charge < -0.3 is 10.6 Å². The van der Waals surface area contributed by atoms with Crippen molar-refractivity contribution in [1.82, 2.24) is 0 Å². The van der Waals surface area contributed by atoms with Gasteiger partial charge in [0.2, 0.25) is 5.91 Å². The van der Waals surface area contributed by atoms with Crippen molar-refractivity contribution >= 4 is 40.5 Å².